The van der Waals surface area contributed by atoms with Gasteiger partial charge in [0.25, 0.3) is 5.91 Å². The monoisotopic (exact) mass is 422 g/mol. The van der Waals surface area contributed by atoms with Gasteiger partial charge < -0.3 is 5.32 Å². The van der Waals surface area contributed by atoms with Gasteiger partial charge in [0.05, 0.1) is 23.1 Å². The number of carbonyl (C=O) groups is 1. The van der Waals surface area contributed by atoms with E-state index in [1.165, 1.54) is 23.3 Å². The Morgan fingerprint density at radius 3 is 2.83 bits per heavy atom. The second-order valence-corrected chi connectivity index (χ2v) is 9.17. The fourth-order valence-electron chi connectivity index (χ4n) is 4.23. The Kier molecular flexibility index (Phi) is 6.65. The lowest BCUT2D eigenvalue weighted by atomic mass is 9.97. The minimum Gasteiger partial charge on any atom is -0.352 e. The van der Waals surface area contributed by atoms with Gasteiger partial charge in [0.1, 0.15) is 0 Å². The number of nitrogens with one attached hydrogen (secondary N) is 1. The van der Waals surface area contributed by atoms with Crippen LogP contribution in [-0.2, 0) is 13.0 Å². The third kappa shape index (κ3) is 4.82. The van der Waals surface area contributed by atoms with Crippen molar-refractivity contribution in [1.82, 2.24) is 20.0 Å². The van der Waals surface area contributed by atoms with Crippen LogP contribution in [0.25, 0.3) is 5.69 Å². The highest BCUT2D eigenvalue weighted by Crippen LogP contribution is 2.21. The standard InChI is InChI=1S/C24H30N4OS/c1-3-23-22(15-26-28(23)20-10-8-18(2)9-11-20)24(29)25-14-19-6-4-12-27(16-19)17-21-7-5-13-30-21/h5,7-11,13,15,19H,3-4,6,12,14,16-17H2,1-2H3,(H,25,29). The maximum Gasteiger partial charge on any atom is 0.254 e. The van der Waals surface area contributed by atoms with Gasteiger partial charge in [-0.25, -0.2) is 4.68 Å². The molecule has 1 amide bonds. The van der Waals surface area contributed by atoms with E-state index in [2.05, 4.69) is 58.8 Å². The van der Waals surface area contributed by atoms with Gasteiger partial charge in [-0.05, 0) is 62.2 Å². The molecule has 0 bridgehead atoms. The summed E-state index contributed by atoms with van der Waals surface area (Å²) in [6, 6.07) is 12.6. The van der Waals surface area contributed by atoms with E-state index in [1.54, 1.807) is 6.20 Å². The van der Waals surface area contributed by atoms with Crippen molar-refractivity contribution in [3.8, 4) is 5.69 Å². The van der Waals surface area contributed by atoms with Crippen LogP contribution in [0.2, 0.25) is 0 Å². The first-order valence-electron chi connectivity index (χ1n) is 10.8. The molecule has 1 aliphatic rings. The van der Waals surface area contributed by atoms with E-state index < -0.39 is 0 Å². The zero-order valence-electron chi connectivity index (χ0n) is 17.8. The fraction of sp³-hybridized carbons (Fsp3) is 0.417. The van der Waals surface area contributed by atoms with Crippen LogP contribution in [0.1, 0.15) is 46.3 Å². The molecule has 0 spiro atoms. The van der Waals surface area contributed by atoms with Crippen LogP contribution in [0.5, 0.6) is 0 Å². The van der Waals surface area contributed by atoms with Crippen molar-refractivity contribution in [3.05, 3.63) is 69.7 Å². The van der Waals surface area contributed by atoms with Crippen LogP contribution >= 0.6 is 11.3 Å². The van der Waals surface area contributed by atoms with Gasteiger partial charge in [-0.15, -0.1) is 11.3 Å². The van der Waals surface area contributed by atoms with Gasteiger partial charge in [0.15, 0.2) is 0 Å². The molecule has 6 heteroatoms. The average Bonchev–Trinajstić information content (AvgIpc) is 3.42. The minimum absolute atomic E-state index is 0.0133. The number of hydrogen-bond acceptors (Lipinski definition) is 4. The Labute approximate surface area is 182 Å². The second-order valence-electron chi connectivity index (χ2n) is 8.14. The molecule has 158 valence electrons. The van der Waals surface area contributed by atoms with Gasteiger partial charge in [0.2, 0.25) is 0 Å². The van der Waals surface area contributed by atoms with Crippen LogP contribution in [0.15, 0.2) is 48.0 Å². The summed E-state index contributed by atoms with van der Waals surface area (Å²) in [6.07, 6.45) is 4.83. The Bertz CT molecular complexity index is 962. The van der Waals surface area contributed by atoms with Crippen molar-refractivity contribution >= 4 is 17.2 Å². The molecule has 0 saturated carbocycles. The summed E-state index contributed by atoms with van der Waals surface area (Å²) in [4.78, 5) is 16.9. The number of aryl methyl sites for hydroxylation is 1. The number of aromatic nitrogens is 2. The summed E-state index contributed by atoms with van der Waals surface area (Å²) in [5, 5.41) is 9.82. The minimum atomic E-state index is -0.0133. The van der Waals surface area contributed by atoms with Crippen molar-refractivity contribution in [2.24, 2.45) is 5.92 Å². The first-order valence-corrected chi connectivity index (χ1v) is 11.7. The van der Waals surface area contributed by atoms with Crippen molar-refractivity contribution in [2.75, 3.05) is 19.6 Å². The van der Waals surface area contributed by atoms with Gasteiger partial charge in [-0.3, -0.25) is 9.69 Å². The molecular weight excluding hydrogens is 392 g/mol. The molecule has 0 radical (unpaired) electrons. The number of thiophene rings is 1. The number of amides is 1. The molecule has 2 aromatic heterocycles. The number of likely N-dealkylation sites (tertiary alicyclic amines) is 1. The summed E-state index contributed by atoms with van der Waals surface area (Å²) >= 11 is 1.82. The number of piperidine rings is 1. The van der Waals surface area contributed by atoms with Crippen LogP contribution in [0.3, 0.4) is 0 Å². The summed E-state index contributed by atoms with van der Waals surface area (Å²) in [6.45, 7) is 8.07. The normalized spacial score (nSPS) is 17.2. The molecule has 1 aliphatic heterocycles. The Morgan fingerprint density at radius 2 is 2.10 bits per heavy atom. The largest absolute Gasteiger partial charge is 0.352 e. The van der Waals surface area contributed by atoms with E-state index in [-0.39, 0.29) is 5.91 Å². The van der Waals surface area contributed by atoms with E-state index in [0.29, 0.717) is 11.5 Å². The van der Waals surface area contributed by atoms with Crippen LogP contribution < -0.4 is 5.32 Å². The van der Waals surface area contributed by atoms with Gasteiger partial charge in [0, 0.05) is 24.5 Å². The van der Waals surface area contributed by atoms with E-state index in [4.69, 9.17) is 0 Å². The van der Waals surface area contributed by atoms with Crippen molar-refractivity contribution in [3.63, 3.8) is 0 Å². The maximum absolute atomic E-state index is 12.9. The molecule has 1 fully saturated rings. The predicted molar refractivity (Wildman–Crippen MR) is 122 cm³/mol. The number of benzene rings is 1. The summed E-state index contributed by atoms with van der Waals surface area (Å²) < 4.78 is 1.89. The van der Waals surface area contributed by atoms with Crippen LogP contribution in [0.4, 0.5) is 0 Å². The highest BCUT2D eigenvalue weighted by atomic mass is 32.1. The molecule has 1 aromatic carbocycles. The van der Waals surface area contributed by atoms with E-state index in [0.717, 1.165) is 44.0 Å². The number of hydrogen-bond donors (Lipinski definition) is 1. The molecule has 1 saturated heterocycles. The van der Waals surface area contributed by atoms with Gasteiger partial charge in [-0.1, -0.05) is 30.7 Å². The number of nitrogens with zero attached hydrogens (tertiary/aromatic N) is 3. The second kappa shape index (κ2) is 9.58. The molecule has 1 unspecified atom stereocenters. The number of carbonyl (C=O) groups excluding carboxylic acids is 1. The molecular formula is C24H30N4OS. The molecule has 5 nitrogen and oxygen atoms in total. The molecule has 30 heavy (non-hydrogen) atoms. The maximum atomic E-state index is 12.9. The molecule has 1 atom stereocenters. The summed E-state index contributed by atoms with van der Waals surface area (Å²) in [5.41, 5.74) is 3.85. The Hall–Kier alpha value is -2.44. The lowest BCUT2D eigenvalue weighted by Gasteiger charge is -2.32. The fourth-order valence-corrected chi connectivity index (χ4v) is 4.98. The van der Waals surface area contributed by atoms with Crippen molar-refractivity contribution in [2.45, 2.75) is 39.7 Å². The average molecular weight is 423 g/mol. The van der Waals surface area contributed by atoms with Gasteiger partial charge in [-0.2, -0.15) is 5.10 Å². The SMILES string of the molecule is CCc1c(C(=O)NCC2CCCN(Cc3cccs3)C2)cnn1-c1ccc(C)cc1. The topological polar surface area (TPSA) is 50.2 Å². The molecule has 3 aromatic rings. The predicted octanol–water partition coefficient (Wildman–Crippen LogP) is 4.45. The van der Waals surface area contributed by atoms with Crippen LogP contribution in [0, 0.1) is 12.8 Å². The lowest BCUT2D eigenvalue weighted by molar-refractivity contribution is 0.0930. The summed E-state index contributed by atoms with van der Waals surface area (Å²) in [5.74, 6) is 0.487. The Balaban J connectivity index is 1.37. The molecule has 1 N–H and O–H groups in total. The molecule has 4 rings (SSSR count). The highest BCUT2D eigenvalue weighted by Gasteiger charge is 2.22. The molecule has 3 heterocycles. The lowest BCUT2D eigenvalue weighted by Crippen LogP contribution is -2.40. The van der Waals surface area contributed by atoms with E-state index >= 15 is 0 Å². The van der Waals surface area contributed by atoms with Gasteiger partial charge >= 0.3 is 0 Å². The Morgan fingerprint density at radius 1 is 1.27 bits per heavy atom. The van der Waals surface area contributed by atoms with Crippen molar-refractivity contribution in [1.29, 1.82) is 0 Å². The summed E-state index contributed by atoms with van der Waals surface area (Å²) in [7, 11) is 0. The third-order valence-corrected chi connectivity index (χ3v) is 6.70. The molecule has 0 aliphatic carbocycles. The zero-order valence-corrected chi connectivity index (χ0v) is 18.6. The quantitative estimate of drug-likeness (QED) is 0.612. The number of rotatable bonds is 7. The van der Waals surface area contributed by atoms with Crippen molar-refractivity contribution < 1.29 is 4.79 Å². The van der Waals surface area contributed by atoms with Crippen LogP contribution in [-0.4, -0.2) is 40.2 Å². The first kappa shape index (κ1) is 20.8. The highest BCUT2D eigenvalue weighted by molar-refractivity contribution is 7.09. The smallest absolute Gasteiger partial charge is 0.254 e. The zero-order chi connectivity index (χ0) is 20.9. The third-order valence-electron chi connectivity index (χ3n) is 5.84. The van der Waals surface area contributed by atoms with E-state index in [9.17, 15) is 4.79 Å². The van der Waals surface area contributed by atoms with E-state index in [1.807, 2.05) is 28.2 Å². The first-order chi connectivity index (χ1) is 14.6.